The number of halogens is 1. The van der Waals surface area contributed by atoms with Crippen LogP contribution in [0, 0.1) is 5.82 Å². The lowest BCUT2D eigenvalue weighted by Gasteiger charge is -2.36. The van der Waals surface area contributed by atoms with E-state index in [0.717, 1.165) is 18.2 Å². The number of nitrogens with one attached hydrogen (secondary N) is 1. The van der Waals surface area contributed by atoms with Crippen LogP contribution < -0.4 is 5.32 Å². The maximum atomic E-state index is 13.1. The molecule has 6 heteroatoms. The Morgan fingerprint density at radius 2 is 2.11 bits per heavy atom. The fourth-order valence-corrected chi connectivity index (χ4v) is 2.08. The zero-order valence-corrected chi connectivity index (χ0v) is 10.4. The zero-order chi connectivity index (χ0) is 13.9. The van der Waals surface area contributed by atoms with Gasteiger partial charge in [-0.1, -0.05) is 0 Å². The lowest BCUT2D eigenvalue weighted by molar-refractivity contribution is 0.0125. The van der Waals surface area contributed by atoms with Gasteiger partial charge in [-0.2, -0.15) is 0 Å². The van der Waals surface area contributed by atoms with E-state index in [-0.39, 0.29) is 17.9 Å². The van der Waals surface area contributed by atoms with Gasteiger partial charge in [0.25, 0.3) is 5.91 Å². The van der Waals surface area contributed by atoms with Crippen molar-refractivity contribution in [1.82, 2.24) is 5.32 Å². The third kappa shape index (κ3) is 3.02. The number of aliphatic hydroxyl groups is 1. The Bertz CT molecular complexity index is 472. The number of phenolic OH excluding ortho intramolecular Hbond substituents is 1. The molecule has 0 aromatic heterocycles. The summed E-state index contributed by atoms with van der Waals surface area (Å²) in [5, 5.41) is 21.7. The van der Waals surface area contributed by atoms with E-state index in [4.69, 9.17) is 4.74 Å². The molecule has 1 aliphatic heterocycles. The van der Waals surface area contributed by atoms with E-state index in [1.165, 1.54) is 0 Å². The molecule has 104 valence electrons. The van der Waals surface area contributed by atoms with Crippen LogP contribution in [-0.2, 0) is 4.74 Å². The Balaban J connectivity index is 2.17. The third-order valence-electron chi connectivity index (χ3n) is 3.33. The number of aliphatic hydroxyl groups excluding tert-OH is 1. The van der Waals surface area contributed by atoms with Crippen molar-refractivity contribution >= 4 is 5.91 Å². The first-order valence-electron chi connectivity index (χ1n) is 6.06. The highest BCUT2D eigenvalue weighted by atomic mass is 19.1. The predicted octanol–water partition coefficient (Wildman–Crippen LogP) is 0.803. The molecule has 1 saturated heterocycles. The topological polar surface area (TPSA) is 78.8 Å². The third-order valence-corrected chi connectivity index (χ3v) is 3.33. The summed E-state index contributed by atoms with van der Waals surface area (Å²) in [7, 11) is 0. The Morgan fingerprint density at radius 3 is 2.74 bits per heavy atom. The van der Waals surface area contributed by atoms with Crippen molar-refractivity contribution in [1.29, 1.82) is 0 Å². The average molecular weight is 269 g/mol. The van der Waals surface area contributed by atoms with Crippen LogP contribution in [0.2, 0.25) is 0 Å². The molecule has 0 saturated carbocycles. The molecule has 0 aliphatic carbocycles. The van der Waals surface area contributed by atoms with Crippen LogP contribution in [0.5, 0.6) is 5.75 Å². The Hall–Kier alpha value is -1.66. The van der Waals surface area contributed by atoms with Gasteiger partial charge in [0.2, 0.25) is 0 Å². The van der Waals surface area contributed by atoms with Crippen LogP contribution in [0.4, 0.5) is 4.39 Å². The van der Waals surface area contributed by atoms with Crippen LogP contribution >= 0.6 is 0 Å². The van der Waals surface area contributed by atoms with Gasteiger partial charge >= 0.3 is 0 Å². The first-order chi connectivity index (χ1) is 9.06. The maximum Gasteiger partial charge on any atom is 0.255 e. The van der Waals surface area contributed by atoms with Crippen LogP contribution in [0.25, 0.3) is 0 Å². The summed E-state index contributed by atoms with van der Waals surface area (Å²) < 4.78 is 18.3. The van der Waals surface area contributed by atoms with E-state index in [9.17, 15) is 19.4 Å². The number of amides is 1. The molecule has 1 fully saturated rings. The maximum absolute atomic E-state index is 13.1. The van der Waals surface area contributed by atoms with Crippen molar-refractivity contribution in [3.63, 3.8) is 0 Å². The molecule has 0 unspecified atom stereocenters. The molecule has 1 aromatic rings. The van der Waals surface area contributed by atoms with Gasteiger partial charge in [-0.05, 0) is 31.0 Å². The van der Waals surface area contributed by atoms with Crippen molar-refractivity contribution in [2.45, 2.75) is 18.4 Å². The molecule has 1 aliphatic rings. The standard InChI is InChI=1S/C13H16FNO4/c14-9-1-2-11(17)10(7-9)12(18)15-13(8-16)3-5-19-6-4-13/h1-2,7,16-17H,3-6,8H2,(H,15,18). The van der Waals surface area contributed by atoms with Gasteiger partial charge in [-0.3, -0.25) is 4.79 Å². The van der Waals surface area contributed by atoms with Gasteiger partial charge in [0, 0.05) is 13.2 Å². The second-order valence-corrected chi connectivity index (χ2v) is 4.67. The van der Waals surface area contributed by atoms with Gasteiger partial charge in [0.1, 0.15) is 11.6 Å². The van der Waals surface area contributed by atoms with Gasteiger partial charge in [0.05, 0.1) is 17.7 Å². The number of carbonyl (C=O) groups is 1. The Labute approximate surface area is 110 Å². The summed E-state index contributed by atoms with van der Waals surface area (Å²) in [5.41, 5.74) is -0.909. The van der Waals surface area contributed by atoms with Crippen molar-refractivity contribution in [3.8, 4) is 5.75 Å². The van der Waals surface area contributed by atoms with E-state index in [1.807, 2.05) is 0 Å². The normalized spacial score (nSPS) is 18.0. The van der Waals surface area contributed by atoms with Crippen molar-refractivity contribution in [2.75, 3.05) is 19.8 Å². The number of hydrogen-bond acceptors (Lipinski definition) is 4. The molecule has 1 heterocycles. The molecule has 0 bridgehead atoms. The Morgan fingerprint density at radius 1 is 1.42 bits per heavy atom. The summed E-state index contributed by atoms with van der Waals surface area (Å²) in [4.78, 5) is 12.1. The summed E-state index contributed by atoms with van der Waals surface area (Å²) in [6.45, 7) is 0.657. The van der Waals surface area contributed by atoms with Gasteiger partial charge in [0.15, 0.2) is 0 Å². The SMILES string of the molecule is O=C(NC1(CO)CCOCC1)c1cc(F)ccc1O. The fourth-order valence-electron chi connectivity index (χ4n) is 2.08. The number of benzene rings is 1. The minimum absolute atomic E-state index is 0.140. The van der Waals surface area contributed by atoms with Crippen molar-refractivity contribution < 1.29 is 24.1 Å². The second-order valence-electron chi connectivity index (χ2n) is 4.67. The summed E-state index contributed by atoms with van der Waals surface area (Å²) in [6.07, 6.45) is 0.955. The molecule has 5 nitrogen and oxygen atoms in total. The molecular weight excluding hydrogens is 253 g/mol. The van der Waals surface area contributed by atoms with E-state index >= 15 is 0 Å². The predicted molar refractivity (Wildman–Crippen MR) is 65.4 cm³/mol. The lowest BCUT2D eigenvalue weighted by atomic mass is 9.90. The van der Waals surface area contributed by atoms with E-state index in [2.05, 4.69) is 5.32 Å². The zero-order valence-electron chi connectivity index (χ0n) is 10.4. The average Bonchev–Trinajstić information content (AvgIpc) is 2.42. The number of phenols is 1. The van der Waals surface area contributed by atoms with Crippen LogP contribution in [0.1, 0.15) is 23.2 Å². The van der Waals surface area contributed by atoms with Crippen LogP contribution in [0.15, 0.2) is 18.2 Å². The number of hydrogen-bond donors (Lipinski definition) is 3. The molecule has 1 aromatic carbocycles. The number of carbonyl (C=O) groups excluding carboxylic acids is 1. The van der Waals surface area contributed by atoms with E-state index < -0.39 is 17.3 Å². The minimum Gasteiger partial charge on any atom is -0.507 e. The summed E-state index contributed by atoms with van der Waals surface area (Å²) in [5.74, 6) is -1.50. The van der Waals surface area contributed by atoms with Crippen molar-refractivity contribution in [2.24, 2.45) is 0 Å². The largest absolute Gasteiger partial charge is 0.507 e. The highest BCUT2D eigenvalue weighted by Crippen LogP contribution is 2.23. The quantitative estimate of drug-likeness (QED) is 0.758. The second kappa shape index (κ2) is 5.54. The van der Waals surface area contributed by atoms with Crippen molar-refractivity contribution in [3.05, 3.63) is 29.6 Å². The smallest absolute Gasteiger partial charge is 0.255 e. The first kappa shape index (κ1) is 13.8. The number of aromatic hydroxyl groups is 1. The minimum atomic E-state index is -0.770. The summed E-state index contributed by atoms with van der Waals surface area (Å²) >= 11 is 0. The van der Waals surface area contributed by atoms with Crippen LogP contribution in [-0.4, -0.2) is 41.5 Å². The molecule has 0 radical (unpaired) electrons. The van der Waals surface area contributed by atoms with E-state index in [1.54, 1.807) is 0 Å². The van der Waals surface area contributed by atoms with E-state index in [0.29, 0.717) is 26.1 Å². The van der Waals surface area contributed by atoms with Crippen LogP contribution in [0.3, 0.4) is 0 Å². The van der Waals surface area contributed by atoms with Gasteiger partial charge < -0.3 is 20.3 Å². The molecule has 3 N–H and O–H groups in total. The first-order valence-corrected chi connectivity index (χ1v) is 6.06. The molecule has 0 spiro atoms. The molecule has 0 atom stereocenters. The van der Waals surface area contributed by atoms with Gasteiger partial charge in [-0.15, -0.1) is 0 Å². The monoisotopic (exact) mass is 269 g/mol. The number of rotatable bonds is 3. The fraction of sp³-hybridized carbons (Fsp3) is 0.462. The molecule has 2 rings (SSSR count). The highest BCUT2D eigenvalue weighted by Gasteiger charge is 2.34. The van der Waals surface area contributed by atoms with Gasteiger partial charge in [-0.25, -0.2) is 4.39 Å². The number of ether oxygens (including phenoxy) is 1. The lowest BCUT2D eigenvalue weighted by Crippen LogP contribution is -2.54. The highest BCUT2D eigenvalue weighted by molar-refractivity contribution is 5.97. The molecule has 19 heavy (non-hydrogen) atoms. The molecule has 1 amide bonds. The summed E-state index contributed by atoms with van der Waals surface area (Å²) in [6, 6.07) is 3.16. The molecular formula is C13H16FNO4. The Kier molecular flexibility index (Phi) is 4.01.